The molecular weight excluding hydrogens is 186 g/mol. The highest BCUT2D eigenvalue weighted by Gasteiger charge is 2.34. The fourth-order valence-electron chi connectivity index (χ4n) is 0.905. The minimum atomic E-state index is -0.899. The molecule has 1 aliphatic heterocycles. The van der Waals surface area contributed by atoms with Crippen LogP contribution in [0.5, 0.6) is 0 Å². The van der Waals surface area contributed by atoms with E-state index >= 15 is 0 Å². The molecule has 0 radical (unpaired) electrons. The number of imide groups is 2. The molecule has 1 rings (SSSR count). The van der Waals surface area contributed by atoms with Gasteiger partial charge in [0.2, 0.25) is 0 Å². The number of urea groups is 2. The third kappa shape index (κ3) is 1.33. The van der Waals surface area contributed by atoms with Gasteiger partial charge in [0.15, 0.2) is 0 Å². The minimum Gasteiger partial charge on any atom is -0.351 e. The smallest absolute Gasteiger partial charge is 0.335 e. The largest absolute Gasteiger partial charge is 0.351 e. The second kappa shape index (κ2) is 2.98. The molecule has 0 spiro atoms. The molecule has 1 heterocycles. The van der Waals surface area contributed by atoms with Gasteiger partial charge in [0.25, 0.3) is 0 Å². The summed E-state index contributed by atoms with van der Waals surface area (Å²) in [6.07, 6.45) is 0. The maximum absolute atomic E-state index is 11.0. The monoisotopic (exact) mass is 191 g/mol. The summed E-state index contributed by atoms with van der Waals surface area (Å²) in [5.41, 5.74) is 4.84. The van der Waals surface area contributed by atoms with Gasteiger partial charge in [-0.3, -0.25) is 4.79 Å². The molecule has 7 heteroatoms. The van der Waals surface area contributed by atoms with Gasteiger partial charge in [0.1, 0.15) is 0 Å². The number of carbonyl (C=O) groups is 3. The van der Waals surface area contributed by atoms with Gasteiger partial charge < -0.3 is 5.73 Å². The van der Waals surface area contributed by atoms with E-state index in [0.29, 0.717) is 0 Å². The highest BCUT2D eigenvalue weighted by atomic mass is 35.5. The molecule has 0 unspecified atom stereocenters. The number of carbonyl (C=O) groups excluding carboxylic acids is 3. The van der Waals surface area contributed by atoms with Crippen LogP contribution in [-0.2, 0) is 0 Å². The first kappa shape index (κ1) is 8.79. The summed E-state index contributed by atoms with van der Waals surface area (Å²) in [5, 5.41) is -0.899. The second-order valence-corrected chi connectivity index (χ2v) is 2.50. The first-order valence-corrected chi connectivity index (χ1v) is 3.49. The van der Waals surface area contributed by atoms with Crippen molar-refractivity contribution in [3.63, 3.8) is 0 Å². The molecular formula is C5H6ClN3O3. The second-order valence-electron chi connectivity index (χ2n) is 2.18. The maximum atomic E-state index is 11.0. The lowest BCUT2D eigenvalue weighted by molar-refractivity contribution is 0.191. The lowest BCUT2D eigenvalue weighted by Crippen LogP contribution is -2.40. The van der Waals surface area contributed by atoms with Gasteiger partial charge in [-0.05, 0) is 11.6 Å². The zero-order valence-electron chi connectivity index (χ0n) is 5.99. The number of hydrogen-bond donors (Lipinski definition) is 1. The number of primary amides is 1. The van der Waals surface area contributed by atoms with Gasteiger partial charge in [0.05, 0.1) is 6.54 Å². The number of nitrogens with zero attached hydrogens (tertiary/aromatic N) is 2. The summed E-state index contributed by atoms with van der Waals surface area (Å²) in [5.74, 6) is 0. The fraction of sp³-hybridized carbons (Fsp3) is 0.400. The van der Waals surface area contributed by atoms with E-state index in [1.807, 2.05) is 0 Å². The van der Waals surface area contributed by atoms with Crippen LogP contribution in [0.3, 0.4) is 0 Å². The molecule has 0 bridgehead atoms. The highest BCUT2D eigenvalue weighted by molar-refractivity contribution is 6.64. The molecule has 66 valence electrons. The van der Waals surface area contributed by atoms with Gasteiger partial charge >= 0.3 is 17.4 Å². The first-order chi connectivity index (χ1) is 5.54. The molecule has 1 fully saturated rings. The van der Waals surface area contributed by atoms with Crippen LogP contribution >= 0.6 is 11.6 Å². The fourth-order valence-corrected chi connectivity index (χ4v) is 1.06. The average molecular weight is 192 g/mol. The Labute approximate surface area is 72.8 Å². The molecule has 1 saturated heterocycles. The number of rotatable bonds is 0. The molecule has 0 aromatic heterocycles. The topological polar surface area (TPSA) is 83.7 Å². The molecule has 0 aliphatic carbocycles. The molecule has 12 heavy (non-hydrogen) atoms. The Hall–Kier alpha value is -1.30. The van der Waals surface area contributed by atoms with Crippen molar-refractivity contribution in [1.82, 2.24) is 9.80 Å². The third-order valence-electron chi connectivity index (χ3n) is 1.49. The number of halogens is 1. The quantitative estimate of drug-likeness (QED) is 0.437. The molecule has 6 nitrogen and oxygen atoms in total. The van der Waals surface area contributed by atoms with Crippen LogP contribution in [0.2, 0.25) is 0 Å². The van der Waals surface area contributed by atoms with Gasteiger partial charge in [-0.15, -0.1) is 0 Å². The lowest BCUT2D eigenvalue weighted by atomic mass is 10.6. The summed E-state index contributed by atoms with van der Waals surface area (Å²) >= 11 is 5.04. The van der Waals surface area contributed by atoms with Crippen molar-refractivity contribution >= 4 is 29.0 Å². The van der Waals surface area contributed by atoms with E-state index in [9.17, 15) is 14.4 Å². The zero-order valence-corrected chi connectivity index (χ0v) is 6.74. The van der Waals surface area contributed by atoms with Gasteiger partial charge in [-0.1, -0.05) is 0 Å². The molecule has 0 aromatic rings. The summed E-state index contributed by atoms with van der Waals surface area (Å²) in [6, 6.07) is -1.64. The summed E-state index contributed by atoms with van der Waals surface area (Å²) < 4.78 is 0. The molecule has 0 atom stereocenters. The zero-order chi connectivity index (χ0) is 9.30. The van der Waals surface area contributed by atoms with Crippen molar-refractivity contribution < 1.29 is 14.4 Å². The molecule has 0 saturated carbocycles. The van der Waals surface area contributed by atoms with Crippen LogP contribution in [-0.4, -0.2) is 40.3 Å². The van der Waals surface area contributed by atoms with Crippen LogP contribution in [0.25, 0.3) is 0 Å². The van der Waals surface area contributed by atoms with E-state index in [4.69, 9.17) is 17.3 Å². The van der Waals surface area contributed by atoms with Gasteiger partial charge in [0, 0.05) is 6.54 Å². The molecule has 0 aromatic carbocycles. The summed E-state index contributed by atoms with van der Waals surface area (Å²) in [7, 11) is 0. The van der Waals surface area contributed by atoms with E-state index in [2.05, 4.69) is 0 Å². The Kier molecular flexibility index (Phi) is 2.18. The number of amides is 5. The van der Waals surface area contributed by atoms with Gasteiger partial charge in [-0.2, -0.15) is 0 Å². The lowest BCUT2D eigenvalue weighted by Gasteiger charge is -2.10. The summed E-state index contributed by atoms with van der Waals surface area (Å²) in [4.78, 5) is 33.6. The normalized spacial score (nSPS) is 16.9. The maximum Gasteiger partial charge on any atom is 0.335 e. The highest BCUT2D eigenvalue weighted by Crippen LogP contribution is 2.10. The SMILES string of the molecule is NC(=O)N1CCN(C(=O)Cl)C1=O. The van der Waals surface area contributed by atoms with Crippen LogP contribution in [0.15, 0.2) is 0 Å². The number of hydrogen-bond acceptors (Lipinski definition) is 3. The first-order valence-electron chi connectivity index (χ1n) is 3.12. The van der Waals surface area contributed by atoms with E-state index in [1.165, 1.54) is 0 Å². The van der Waals surface area contributed by atoms with Crippen LogP contribution in [0, 0.1) is 0 Å². The Morgan fingerprint density at radius 2 is 1.83 bits per heavy atom. The van der Waals surface area contributed by atoms with E-state index in [-0.39, 0.29) is 13.1 Å². The van der Waals surface area contributed by atoms with Crippen molar-refractivity contribution in [1.29, 1.82) is 0 Å². The van der Waals surface area contributed by atoms with Crippen LogP contribution in [0.4, 0.5) is 14.4 Å². The van der Waals surface area contributed by atoms with E-state index in [0.717, 1.165) is 9.80 Å². The van der Waals surface area contributed by atoms with E-state index in [1.54, 1.807) is 0 Å². The predicted octanol–water partition coefficient (Wildman–Crippen LogP) is 0.162. The number of nitrogens with two attached hydrogens (primary N) is 1. The van der Waals surface area contributed by atoms with Crippen molar-refractivity contribution in [2.75, 3.05) is 13.1 Å². The Morgan fingerprint density at radius 3 is 2.08 bits per heavy atom. The standard InChI is InChI=1S/C5H6ClN3O3/c6-3(10)8-1-2-9(4(7)11)5(8)12/h1-2H2,(H2,7,11). The van der Waals surface area contributed by atoms with Gasteiger partial charge in [-0.25, -0.2) is 19.4 Å². The Balaban J connectivity index is 2.74. The van der Waals surface area contributed by atoms with E-state index < -0.39 is 17.4 Å². The molecule has 5 amide bonds. The molecule has 1 aliphatic rings. The van der Waals surface area contributed by atoms with Crippen molar-refractivity contribution in [2.24, 2.45) is 5.73 Å². The third-order valence-corrected chi connectivity index (χ3v) is 1.69. The summed E-state index contributed by atoms with van der Waals surface area (Å²) in [6.45, 7) is 0.205. The van der Waals surface area contributed by atoms with Crippen molar-refractivity contribution in [3.05, 3.63) is 0 Å². The van der Waals surface area contributed by atoms with Crippen molar-refractivity contribution in [3.8, 4) is 0 Å². The van der Waals surface area contributed by atoms with Crippen LogP contribution in [0.1, 0.15) is 0 Å². The average Bonchev–Trinajstić information content (AvgIpc) is 2.30. The predicted molar refractivity (Wildman–Crippen MR) is 39.6 cm³/mol. The Bertz CT molecular complexity index is 230. The Morgan fingerprint density at radius 1 is 1.33 bits per heavy atom. The van der Waals surface area contributed by atoms with Crippen molar-refractivity contribution in [2.45, 2.75) is 0 Å². The minimum absolute atomic E-state index is 0.101. The molecule has 2 N–H and O–H groups in total. The van der Waals surface area contributed by atoms with Crippen LogP contribution < -0.4 is 5.73 Å².